The smallest absolute Gasteiger partial charge is 0.164 e. The van der Waals surface area contributed by atoms with E-state index in [0.717, 1.165) is 57.3 Å². The zero-order valence-electron chi connectivity index (χ0n) is 14.0. The van der Waals surface area contributed by atoms with Gasteiger partial charge in [-0.1, -0.05) is 0 Å². The minimum absolute atomic E-state index is 0.399. The Bertz CT molecular complexity index is 895. The van der Waals surface area contributed by atoms with Crippen LogP contribution < -0.4 is 5.32 Å². The Morgan fingerprint density at radius 3 is 2.88 bits per heavy atom. The Morgan fingerprint density at radius 1 is 1.12 bits per heavy atom. The van der Waals surface area contributed by atoms with Gasteiger partial charge < -0.3 is 24.4 Å². The van der Waals surface area contributed by atoms with E-state index in [2.05, 4.69) is 11.4 Å². The van der Waals surface area contributed by atoms with Crippen molar-refractivity contribution in [2.24, 2.45) is 0 Å². The molecule has 0 unspecified atom stereocenters. The quantitative estimate of drug-likeness (QED) is 0.781. The number of methoxy groups -OCH3 is 2. The minimum atomic E-state index is 0.399. The van der Waals surface area contributed by atoms with Crippen molar-refractivity contribution in [2.75, 3.05) is 27.4 Å². The first kappa shape index (κ1) is 14.5. The van der Waals surface area contributed by atoms with Gasteiger partial charge in [0.2, 0.25) is 0 Å². The number of dihydropyridines is 1. The molecular weight excluding hydrogens is 322 g/mol. The number of rotatable bonds is 2. The van der Waals surface area contributed by atoms with E-state index in [9.17, 15) is 0 Å². The summed E-state index contributed by atoms with van der Waals surface area (Å²) in [5, 5.41) is 3.36. The molecule has 0 saturated carbocycles. The molecule has 128 valence electrons. The van der Waals surface area contributed by atoms with Crippen LogP contribution in [0.1, 0.15) is 6.42 Å². The van der Waals surface area contributed by atoms with Crippen molar-refractivity contribution in [1.82, 2.24) is 5.32 Å². The van der Waals surface area contributed by atoms with Crippen molar-refractivity contribution in [3.63, 3.8) is 0 Å². The van der Waals surface area contributed by atoms with Crippen LogP contribution in [0, 0.1) is 0 Å². The molecule has 5 rings (SSSR count). The Labute approximate surface area is 144 Å². The Balaban J connectivity index is 1.60. The molecule has 0 bridgehead atoms. The average molecular weight is 339 g/mol. The highest BCUT2D eigenvalue weighted by Gasteiger charge is 2.35. The maximum Gasteiger partial charge on any atom is 0.164 e. The summed E-state index contributed by atoms with van der Waals surface area (Å²) in [5.41, 5.74) is 7.56. The molecule has 3 heterocycles. The third kappa shape index (κ3) is 2.01. The third-order valence-electron chi connectivity index (χ3n) is 4.94. The number of nitrogens with one attached hydrogen (secondary N) is 1. The van der Waals surface area contributed by atoms with Crippen molar-refractivity contribution in [2.45, 2.75) is 6.42 Å². The molecule has 1 N–H and O–H groups in total. The second-order valence-electron chi connectivity index (χ2n) is 6.21. The molecule has 0 fully saturated rings. The molecule has 0 radical (unpaired) electrons. The fourth-order valence-corrected chi connectivity index (χ4v) is 3.72. The summed E-state index contributed by atoms with van der Waals surface area (Å²) in [6, 6.07) is 0. The summed E-state index contributed by atoms with van der Waals surface area (Å²) in [5.74, 6) is 2.38. The van der Waals surface area contributed by atoms with Crippen molar-refractivity contribution in [1.29, 1.82) is 0 Å². The predicted octanol–water partition coefficient (Wildman–Crippen LogP) is 2.63. The lowest BCUT2D eigenvalue weighted by Gasteiger charge is -2.33. The molecule has 25 heavy (non-hydrogen) atoms. The van der Waals surface area contributed by atoms with E-state index in [1.54, 1.807) is 20.5 Å². The molecule has 0 saturated heterocycles. The molecule has 0 aromatic rings. The fraction of sp³-hybridized carbons (Fsp3) is 0.263. The van der Waals surface area contributed by atoms with Gasteiger partial charge in [0.25, 0.3) is 0 Å². The Kier molecular flexibility index (Phi) is 3.08. The van der Waals surface area contributed by atoms with Crippen LogP contribution in [0.5, 0.6) is 0 Å². The maximum atomic E-state index is 6.07. The standard InChI is InChI=1S/C19H17NO5/c1-21-16-5-10-3-13-11(4-14(10)18(16)22-2)7-23-19-15-9-25-24-8-12(15)6-20-17(13)19/h3,5-6,9,20H,4,7-8H2,1-2H3. The van der Waals surface area contributed by atoms with Crippen LogP contribution in [0.4, 0.5) is 0 Å². The van der Waals surface area contributed by atoms with Crippen LogP contribution in [0.25, 0.3) is 0 Å². The highest BCUT2D eigenvalue weighted by atomic mass is 17.2. The molecule has 2 aliphatic carbocycles. The average Bonchev–Trinajstić information content (AvgIpc) is 3.02. The summed E-state index contributed by atoms with van der Waals surface area (Å²) >= 11 is 0. The second kappa shape index (κ2) is 5.32. The molecule has 0 spiro atoms. The summed E-state index contributed by atoms with van der Waals surface area (Å²) in [6.45, 7) is 0.934. The lowest BCUT2D eigenvalue weighted by Crippen LogP contribution is -2.28. The van der Waals surface area contributed by atoms with E-state index in [0.29, 0.717) is 13.2 Å². The van der Waals surface area contributed by atoms with Gasteiger partial charge in [-0.05, 0) is 23.3 Å². The molecule has 0 aromatic carbocycles. The zero-order valence-corrected chi connectivity index (χ0v) is 14.0. The lowest BCUT2D eigenvalue weighted by molar-refractivity contribution is -0.247. The monoisotopic (exact) mass is 339 g/mol. The highest BCUT2D eigenvalue weighted by Crippen LogP contribution is 2.45. The van der Waals surface area contributed by atoms with E-state index in [4.69, 9.17) is 24.0 Å². The summed E-state index contributed by atoms with van der Waals surface area (Å²) in [4.78, 5) is 10.0. The highest BCUT2D eigenvalue weighted by molar-refractivity contribution is 5.67. The van der Waals surface area contributed by atoms with Gasteiger partial charge in [0, 0.05) is 29.3 Å². The van der Waals surface area contributed by atoms with Gasteiger partial charge in [0.05, 0.1) is 25.5 Å². The van der Waals surface area contributed by atoms with Crippen LogP contribution in [0.15, 0.2) is 81.0 Å². The number of hydrogen-bond donors (Lipinski definition) is 1. The largest absolute Gasteiger partial charge is 0.493 e. The van der Waals surface area contributed by atoms with Crippen LogP contribution in [0.2, 0.25) is 0 Å². The second-order valence-corrected chi connectivity index (χ2v) is 6.21. The van der Waals surface area contributed by atoms with E-state index < -0.39 is 0 Å². The van der Waals surface area contributed by atoms with Crippen molar-refractivity contribution in [3.05, 3.63) is 81.0 Å². The van der Waals surface area contributed by atoms with Crippen LogP contribution >= 0.6 is 0 Å². The number of allylic oxidation sites excluding steroid dienone is 5. The van der Waals surface area contributed by atoms with Gasteiger partial charge >= 0.3 is 0 Å². The summed E-state index contributed by atoms with van der Waals surface area (Å²) in [7, 11) is 3.33. The third-order valence-corrected chi connectivity index (χ3v) is 4.94. The van der Waals surface area contributed by atoms with E-state index >= 15 is 0 Å². The van der Waals surface area contributed by atoms with Crippen LogP contribution in [-0.2, 0) is 24.0 Å². The SMILES string of the molecule is COC1=CC2=CC3=C(COC4=C3NC=C3COOC=C34)CC2=C1OC. The van der Waals surface area contributed by atoms with E-state index in [1.165, 1.54) is 5.57 Å². The molecule has 0 amide bonds. The van der Waals surface area contributed by atoms with Gasteiger partial charge in [-0.2, -0.15) is 4.89 Å². The van der Waals surface area contributed by atoms with Crippen LogP contribution in [-0.4, -0.2) is 27.4 Å². The number of ether oxygens (including phenoxy) is 3. The van der Waals surface area contributed by atoms with Gasteiger partial charge in [0.1, 0.15) is 19.5 Å². The number of fused-ring (bicyclic) bond motifs is 4. The van der Waals surface area contributed by atoms with Crippen molar-refractivity contribution >= 4 is 0 Å². The Morgan fingerprint density at radius 2 is 2.04 bits per heavy atom. The van der Waals surface area contributed by atoms with Gasteiger partial charge in [-0.25, -0.2) is 0 Å². The van der Waals surface area contributed by atoms with Crippen molar-refractivity contribution < 1.29 is 24.0 Å². The number of hydrogen-bond acceptors (Lipinski definition) is 6. The first-order chi connectivity index (χ1) is 12.3. The molecule has 0 atom stereocenters. The fourth-order valence-electron chi connectivity index (χ4n) is 3.72. The molecule has 0 aromatic heterocycles. The first-order valence-corrected chi connectivity index (χ1v) is 8.09. The first-order valence-electron chi connectivity index (χ1n) is 8.09. The molecule has 5 aliphatic rings. The zero-order chi connectivity index (χ0) is 17.0. The summed E-state index contributed by atoms with van der Waals surface area (Å²) < 4.78 is 17.1. The minimum Gasteiger partial charge on any atom is -0.493 e. The van der Waals surface area contributed by atoms with Crippen molar-refractivity contribution in [3.8, 4) is 0 Å². The maximum absolute atomic E-state index is 6.07. The van der Waals surface area contributed by atoms with E-state index in [-0.39, 0.29) is 0 Å². The Hall–Kier alpha value is -2.86. The molecular formula is C19H17NO5. The lowest BCUT2D eigenvalue weighted by atomic mass is 9.85. The predicted molar refractivity (Wildman–Crippen MR) is 88.2 cm³/mol. The summed E-state index contributed by atoms with van der Waals surface area (Å²) in [6.07, 6.45) is 8.52. The normalized spacial score (nSPS) is 23.6. The topological polar surface area (TPSA) is 58.2 Å². The van der Waals surface area contributed by atoms with Gasteiger partial charge in [-0.3, -0.25) is 0 Å². The van der Waals surface area contributed by atoms with Gasteiger partial charge in [-0.15, -0.1) is 0 Å². The molecule has 6 nitrogen and oxygen atoms in total. The van der Waals surface area contributed by atoms with Crippen LogP contribution in [0.3, 0.4) is 0 Å². The molecule has 6 heteroatoms. The van der Waals surface area contributed by atoms with E-state index in [1.807, 2.05) is 12.3 Å². The molecule has 3 aliphatic heterocycles. The van der Waals surface area contributed by atoms with Gasteiger partial charge in [0.15, 0.2) is 17.3 Å².